The lowest BCUT2D eigenvalue weighted by Crippen LogP contribution is -1.92. The van der Waals surface area contributed by atoms with Gasteiger partial charge in [0.05, 0.1) is 17.5 Å². The molecule has 0 amide bonds. The van der Waals surface area contributed by atoms with Crippen LogP contribution >= 0.6 is 0 Å². The van der Waals surface area contributed by atoms with Crippen molar-refractivity contribution in [3.8, 4) is 18.2 Å². The molecule has 0 aromatic heterocycles. The standard InChI is InChI=1S/C22H13N5/c23-12-20(13-24)22(14-25)18-7-9-21(10-8-18)27-26-15-16-5-6-17-3-1-2-4-19(17)11-16/h1-11,15,27H/b26-15+. The molecule has 1 N–H and O–H groups in total. The fraction of sp³-hybridized carbons (Fsp3) is 0. The molecule has 0 aliphatic carbocycles. The molecule has 3 rings (SSSR count). The van der Waals surface area contributed by atoms with Gasteiger partial charge in [0.1, 0.15) is 23.8 Å². The van der Waals surface area contributed by atoms with Crippen LogP contribution in [0.4, 0.5) is 5.69 Å². The third-order valence-electron chi connectivity index (χ3n) is 3.94. The molecule has 0 aliphatic heterocycles. The Morgan fingerprint density at radius 2 is 1.52 bits per heavy atom. The maximum Gasteiger partial charge on any atom is 0.148 e. The highest BCUT2D eigenvalue weighted by Crippen LogP contribution is 2.20. The van der Waals surface area contributed by atoms with E-state index in [-0.39, 0.29) is 11.1 Å². The van der Waals surface area contributed by atoms with Gasteiger partial charge in [-0.3, -0.25) is 5.43 Å². The number of rotatable bonds is 4. The van der Waals surface area contributed by atoms with Gasteiger partial charge >= 0.3 is 0 Å². The van der Waals surface area contributed by atoms with E-state index in [9.17, 15) is 5.26 Å². The predicted molar refractivity (Wildman–Crippen MR) is 105 cm³/mol. The van der Waals surface area contributed by atoms with E-state index in [1.807, 2.05) is 30.3 Å². The van der Waals surface area contributed by atoms with Crippen LogP contribution in [0, 0.1) is 34.0 Å². The summed E-state index contributed by atoms with van der Waals surface area (Å²) >= 11 is 0. The molecule has 0 saturated carbocycles. The van der Waals surface area contributed by atoms with Crippen molar-refractivity contribution in [2.45, 2.75) is 0 Å². The van der Waals surface area contributed by atoms with E-state index in [0.29, 0.717) is 5.56 Å². The van der Waals surface area contributed by atoms with E-state index < -0.39 is 0 Å². The largest absolute Gasteiger partial charge is 0.279 e. The van der Waals surface area contributed by atoms with Gasteiger partial charge in [-0.2, -0.15) is 20.9 Å². The first kappa shape index (κ1) is 17.4. The Morgan fingerprint density at radius 3 is 2.19 bits per heavy atom. The number of nitrogens with one attached hydrogen (secondary N) is 1. The van der Waals surface area contributed by atoms with Crippen molar-refractivity contribution in [1.29, 1.82) is 15.8 Å². The molecule has 0 spiro atoms. The molecule has 27 heavy (non-hydrogen) atoms. The second-order valence-electron chi connectivity index (χ2n) is 5.64. The van der Waals surface area contributed by atoms with Crippen LogP contribution in [-0.4, -0.2) is 6.21 Å². The summed E-state index contributed by atoms with van der Waals surface area (Å²) < 4.78 is 0. The maximum absolute atomic E-state index is 9.17. The van der Waals surface area contributed by atoms with Crippen molar-refractivity contribution < 1.29 is 0 Å². The quantitative estimate of drug-likeness (QED) is 0.423. The summed E-state index contributed by atoms with van der Waals surface area (Å²) in [7, 11) is 0. The van der Waals surface area contributed by atoms with Crippen LogP contribution < -0.4 is 5.43 Å². The molecule has 126 valence electrons. The van der Waals surface area contributed by atoms with Gasteiger partial charge in [-0.15, -0.1) is 0 Å². The van der Waals surface area contributed by atoms with E-state index in [2.05, 4.69) is 28.7 Å². The number of fused-ring (bicyclic) bond motifs is 1. The molecule has 0 aliphatic rings. The first-order valence-corrected chi connectivity index (χ1v) is 8.08. The summed E-state index contributed by atoms with van der Waals surface area (Å²) in [4.78, 5) is 0. The van der Waals surface area contributed by atoms with Crippen molar-refractivity contribution in [3.05, 3.63) is 83.4 Å². The SMILES string of the molecule is N#CC(C#N)=C(C#N)c1ccc(N/N=C/c2ccc3ccccc3c2)cc1. The molecule has 3 aromatic rings. The highest BCUT2D eigenvalue weighted by Gasteiger charge is 2.08. The van der Waals surface area contributed by atoms with Crippen LogP contribution in [0.25, 0.3) is 16.3 Å². The smallest absolute Gasteiger partial charge is 0.148 e. The van der Waals surface area contributed by atoms with Crippen LogP contribution in [0.15, 0.2) is 77.4 Å². The number of allylic oxidation sites excluding steroid dienone is 2. The van der Waals surface area contributed by atoms with Crippen LogP contribution in [0.3, 0.4) is 0 Å². The first-order valence-electron chi connectivity index (χ1n) is 8.08. The van der Waals surface area contributed by atoms with Crippen molar-refractivity contribution in [2.75, 3.05) is 5.43 Å². The fourth-order valence-electron chi connectivity index (χ4n) is 2.58. The number of anilines is 1. The summed E-state index contributed by atoms with van der Waals surface area (Å²) in [5.74, 6) is 0. The Kier molecular flexibility index (Phi) is 5.24. The van der Waals surface area contributed by atoms with Gasteiger partial charge in [-0.05, 0) is 40.1 Å². The number of nitrogens with zero attached hydrogens (tertiary/aromatic N) is 4. The first-order chi connectivity index (χ1) is 13.2. The molecule has 3 aromatic carbocycles. The number of hydrazone groups is 1. The molecule has 5 heteroatoms. The zero-order valence-corrected chi connectivity index (χ0v) is 14.2. The van der Waals surface area contributed by atoms with E-state index in [1.165, 1.54) is 5.39 Å². The lowest BCUT2D eigenvalue weighted by molar-refractivity contribution is 1.35. The van der Waals surface area contributed by atoms with Gasteiger partial charge < -0.3 is 0 Å². The molecule has 5 nitrogen and oxygen atoms in total. The number of nitriles is 3. The molecule has 0 heterocycles. The van der Waals surface area contributed by atoms with Gasteiger partial charge in [0.2, 0.25) is 0 Å². The second kappa shape index (κ2) is 8.12. The van der Waals surface area contributed by atoms with E-state index in [4.69, 9.17) is 10.5 Å². The third-order valence-corrected chi connectivity index (χ3v) is 3.94. The number of hydrogen-bond acceptors (Lipinski definition) is 5. The highest BCUT2D eigenvalue weighted by molar-refractivity contribution is 5.90. The summed E-state index contributed by atoms with van der Waals surface area (Å²) in [6.07, 6.45) is 1.73. The molecule has 0 atom stereocenters. The Hall–Kier alpha value is -4.40. The monoisotopic (exact) mass is 347 g/mol. The second-order valence-corrected chi connectivity index (χ2v) is 5.64. The minimum Gasteiger partial charge on any atom is -0.279 e. The minimum absolute atomic E-state index is 0.0613. The van der Waals surface area contributed by atoms with E-state index >= 15 is 0 Å². The molecule has 0 fully saturated rings. The molecule has 0 bridgehead atoms. The lowest BCUT2D eigenvalue weighted by atomic mass is 10.0. The van der Waals surface area contributed by atoms with Gasteiger partial charge in [-0.25, -0.2) is 0 Å². The van der Waals surface area contributed by atoms with Crippen molar-refractivity contribution >= 4 is 28.2 Å². The van der Waals surface area contributed by atoms with Crippen LogP contribution in [0.1, 0.15) is 11.1 Å². The number of hydrogen-bond donors (Lipinski definition) is 1. The van der Waals surface area contributed by atoms with Gasteiger partial charge in [0.25, 0.3) is 0 Å². The maximum atomic E-state index is 9.17. The minimum atomic E-state index is -0.201. The van der Waals surface area contributed by atoms with E-state index in [0.717, 1.165) is 16.6 Å². The van der Waals surface area contributed by atoms with Gasteiger partial charge in [-0.1, -0.05) is 48.5 Å². The van der Waals surface area contributed by atoms with Gasteiger partial charge in [0.15, 0.2) is 0 Å². The Balaban J connectivity index is 1.74. The highest BCUT2D eigenvalue weighted by atomic mass is 15.3. The topological polar surface area (TPSA) is 95.8 Å². The summed E-state index contributed by atoms with van der Waals surface area (Å²) in [6, 6.07) is 26.4. The Morgan fingerprint density at radius 1 is 0.815 bits per heavy atom. The molecule has 0 radical (unpaired) electrons. The van der Waals surface area contributed by atoms with E-state index in [1.54, 1.807) is 42.6 Å². The zero-order valence-electron chi connectivity index (χ0n) is 14.2. The van der Waals surface area contributed by atoms with Crippen molar-refractivity contribution in [1.82, 2.24) is 0 Å². The third kappa shape index (κ3) is 3.99. The van der Waals surface area contributed by atoms with Crippen LogP contribution in [0.5, 0.6) is 0 Å². The zero-order chi connectivity index (χ0) is 19.1. The molecular formula is C22H13N5. The summed E-state index contributed by atoms with van der Waals surface area (Å²) in [5, 5.41) is 33.6. The lowest BCUT2D eigenvalue weighted by Gasteiger charge is -2.03. The predicted octanol–water partition coefficient (Wildman–Crippen LogP) is 4.61. The average molecular weight is 347 g/mol. The molecular weight excluding hydrogens is 334 g/mol. The fourth-order valence-corrected chi connectivity index (χ4v) is 2.58. The Bertz CT molecular complexity index is 1150. The van der Waals surface area contributed by atoms with Crippen molar-refractivity contribution in [3.63, 3.8) is 0 Å². The number of benzene rings is 3. The van der Waals surface area contributed by atoms with Crippen LogP contribution in [0.2, 0.25) is 0 Å². The van der Waals surface area contributed by atoms with Gasteiger partial charge in [0, 0.05) is 0 Å². The summed E-state index contributed by atoms with van der Waals surface area (Å²) in [5.41, 5.74) is 4.99. The summed E-state index contributed by atoms with van der Waals surface area (Å²) in [6.45, 7) is 0. The normalized spacial score (nSPS) is 9.96. The molecule has 0 saturated heterocycles. The molecule has 0 unspecified atom stereocenters. The average Bonchev–Trinajstić information content (AvgIpc) is 2.72. The van der Waals surface area contributed by atoms with Crippen LogP contribution in [-0.2, 0) is 0 Å². The van der Waals surface area contributed by atoms with Crippen molar-refractivity contribution in [2.24, 2.45) is 5.10 Å². The Labute approximate surface area is 156 Å².